The quantitative estimate of drug-likeness (QED) is 0.795. The van der Waals surface area contributed by atoms with Crippen molar-refractivity contribution >= 4 is 21.6 Å². The Bertz CT molecular complexity index is 961. The molecule has 2 aromatic carbocycles. The maximum absolute atomic E-state index is 13.3. The third-order valence-electron chi connectivity index (χ3n) is 5.31. The van der Waals surface area contributed by atoms with Crippen LogP contribution in [-0.2, 0) is 14.8 Å². The number of nitrogens with zero attached hydrogens (tertiary/aromatic N) is 2. The minimum Gasteiger partial charge on any atom is -0.476 e. The molecule has 0 unspecified atom stereocenters. The van der Waals surface area contributed by atoms with Crippen molar-refractivity contribution in [1.82, 2.24) is 4.90 Å². The van der Waals surface area contributed by atoms with Crippen LogP contribution in [0.1, 0.15) is 19.8 Å². The Hall–Kier alpha value is -2.54. The lowest BCUT2D eigenvalue weighted by molar-refractivity contribution is -0.140. The molecule has 1 amide bonds. The number of sulfonamides is 1. The van der Waals surface area contributed by atoms with Gasteiger partial charge >= 0.3 is 0 Å². The van der Waals surface area contributed by atoms with Crippen molar-refractivity contribution in [3.05, 3.63) is 54.6 Å². The van der Waals surface area contributed by atoms with Gasteiger partial charge in [0, 0.05) is 13.1 Å². The van der Waals surface area contributed by atoms with Gasteiger partial charge in [-0.05, 0) is 43.0 Å². The zero-order chi connectivity index (χ0) is 19.7. The van der Waals surface area contributed by atoms with Crippen molar-refractivity contribution in [3.63, 3.8) is 0 Å². The molecule has 0 aliphatic carbocycles. The third kappa shape index (κ3) is 3.46. The molecule has 2 aliphatic heterocycles. The number of carbonyl (C=O) groups excluding carboxylic acids is 1. The van der Waals surface area contributed by atoms with Gasteiger partial charge in [0.25, 0.3) is 15.9 Å². The smallest absolute Gasteiger partial charge is 0.265 e. The summed E-state index contributed by atoms with van der Waals surface area (Å²) in [5.74, 6) is 0.712. The Morgan fingerprint density at radius 2 is 1.75 bits per heavy atom. The van der Waals surface area contributed by atoms with Crippen LogP contribution in [0.3, 0.4) is 0 Å². The third-order valence-corrected chi connectivity index (χ3v) is 7.10. The summed E-state index contributed by atoms with van der Waals surface area (Å²) in [5.41, 5.74) is 0.461. The Morgan fingerprint density at radius 1 is 1.04 bits per heavy atom. The van der Waals surface area contributed by atoms with Gasteiger partial charge in [-0.1, -0.05) is 37.3 Å². The zero-order valence-electron chi connectivity index (χ0n) is 15.8. The van der Waals surface area contributed by atoms with E-state index >= 15 is 0 Å². The standard InChI is InChI=1S/C21H24N2O4S/c1-16-8-7-13-22(14-16)21(24)20-15-23(18-11-5-6-12-19(18)27-20)28(25,26)17-9-3-2-4-10-17/h2-6,9-12,16,20H,7-8,13-15H2,1H3/t16-,20-/m0/s1. The Morgan fingerprint density at radius 3 is 2.50 bits per heavy atom. The van der Waals surface area contributed by atoms with E-state index in [2.05, 4.69) is 6.92 Å². The first-order valence-electron chi connectivity index (χ1n) is 9.59. The summed E-state index contributed by atoms with van der Waals surface area (Å²) in [6.07, 6.45) is 1.22. The highest BCUT2D eigenvalue weighted by molar-refractivity contribution is 7.92. The topological polar surface area (TPSA) is 66.9 Å². The van der Waals surface area contributed by atoms with Crippen molar-refractivity contribution < 1.29 is 17.9 Å². The minimum absolute atomic E-state index is 0.0298. The largest absolute Gasteiger partial charge is 0.476 e. The summed E-state index contributed by atoms with van der Waals surface area (Å²) in [4.78, 5) is 15.1. The van der Waals surface area contributed by atoms with Gasteiger partial charge in [0.05, 0.1) is 17.1 Å². The van der Waals surface area contributed by atoms with Crippen molar-refractivity contribution in [2.24, 2.45) is 5.92 Å². The number of hydrogen-bond donors (Lipinski definition) is 0. The Kier molecular flexibility index (Phi) is 5.02. The highest BCUT2D eigenvalue weighted by atomic mass is 32.2. The van der Waals surface area contributed by atoms with Crippen LogP contribution in [0.2, 0.25) is 0 Å². The first-order chi connectivity index (χ1) is 13.5. The first kappa shape index (κ1) is 18.8. The lowest BCUT2D eigenvalue weighted by Crippen LogP contribution is -2.53. The summed E-state index contributed by atoms with van der Waals surface area (Å²) in [6.45, 7) is 3.47. The molecular formula is C21H24N2O4S. The van der Waals surface area contributed by atoms with Crippen molar-refractivity contribution in [3.8, 4) is 5.75 Å². The van der Waals surface area contributed by atoms with E-state index in [0.717, 1.165) is 12.8 Å². The maximum Gasteiger partial charge on any atom is 0.265 e. The van der Waals surface area contributed by atoms with Crippen molar-refractivity contribution in [1.29, 1.82) is 0 Å². The number of rotatable bonds is 3. The molecule has 0 aromatic heterocycles. The van der Waals surface area contributed by atoms with Gasteiger partial charge in [0.1, 0.15) is 5.75 Å². The molecule has 2 atom stereocenters. The van der Waals surface area contributed by atoms with Crippen LogP contribution in [-0.4, -0.2) is 45.0 Å². The number of likely N-dealkylation sites (tertiary alicyclic amines) is 1. The predicted octanol–water partition coefficient (Wildman–Crippen LogP) is 2.90. The van der Waals surface area contributed by atoms with E-state index < -0.39 is 16.1 Å². The average molecular weight is 401 g/mol. The number of benzene rings is 2. The van der Waals surface area contributed by atoms with E-state index in [0.29, 0.717) is 30.4 Å². The predicted molar refractivity (Wildman–Crippen MR) is 107 cm³/mol. The van der Waals surface area contributed by atoms with E-state index in [1.54, 1.807) is 59.5 Å². The molecular weight excluding hydrogens is 376 g/mol. The molecule has 1 saturated heterocycles. The van der Waals surface area contributed by atoms with E-state index in [-0.39, 0.29) is 17.3 Å². The first-order valence-corrected chi connectivity index (χ1v) is 11.0. The van der Waals surface area contributed by atoms with Crippen LogP contribution in [0, 0.1) is 5.92 Å². The molecule has 1 fully saturated rings. The molecule has 0 bridgehead atoms. The normalized spacial score (nSPS) is 22.3. The summed E-state index contributed by atoms with van der Waals surface area (Å²) in [6, 6.07) is 15.3. The molecule has 6 nitrogen and oxygen atoms in total. The van der Waals surface area contributed by atoms with Gasteiger partial charge in [-0.2, -0.15) is 0 Å². The second kappa shape index (κ2) is 7.47. The van der Waals surface area contributed by atoms with Gasteiger partial charge in [-0.15, -0.1) is 0 Å². The molecule has 0 radical (unpaired) electrons. The minimum atomic E-state index is -3.80. The number of amides is 1. The van der Waals surface area contributed by atoms with E-state index in [1.165, 1.54) is 4.31 Å². The maximum atomic E-state index is 13.3. The van der Waals surface area contributed by atoms with Crippen molar-refractivity contribution in [2.75, 3.05) is 23.9 Å². The summed E-state index contributed by atoms with van der Waals surface area (Å²) >= 11 is 0. The second-order valence-corrected chi connectivity index (χ2v) is 9.32. The zero-order valence-corrected chi connectivity index (χ0v) is 16.6. The molecule has 0 saturated carbocycles. The fraction of sp³-hybridized carbons (Fsp3) is 0.381. The van der Waals surface area contributed by atoms with E-state index in [1.807, 2.05) is 0 Å². The number of hydrogen-bond acceptors (Lipinski definition) is 4. The van der Waals surface area contributed by atoms with Crippen LogP contribution < -0.4 is 9.04 Å². The molecule has 0 N–H and O–H groups in total. The van der Waals surface area contributed by atoms with Gasteiger partial charge in [0.2, 0.25) is 0 Å². The van der Waals surface area contributed by atoms with Gasteiger partial charge in [-0.3, -0.25) is 9.10 Å². The number of anilines is 1. The summed E-state index contributed by atoms with van der Waals surface area (Å²) in [7, 11) is -3.80. The molecule has 0 spiro atoms. The van der Waals surface area contributed by atoms with Crippen LogP contribution in [0.4, 0.5) is 5.69 Å². The molecule has 2 heterocycles. The highest BCUT2D eigenvalue weighted by Crippen LogP contribution is 2.37. The number of carbonyl (C=O) groups is 1. The monoisotopic (exact) mass is 400 g/mol. The molecule has 28 heavy (non-hydrogen) atoms. The van der Waals surface area contributed by atoms with Gasteiger partial charge in [0.15, 0.2) is 6.10 Å². The van der Waals surface area contributed by atoms with Crippen LogP contribution >= 0.6 is 0 Å². The Labute approximate surface area is 165 Å². The lowest BCUT2D eigenvalue weighted by atomic mass is 10.00. The van der Waals surface area contributed by atoms with Gasteiger partial charge < -0.3 is 9.64 Å². The number of piperidine rings is 1. The fourth-order valence-electron chi connectivity index (χ4n) is 3.87. The number of ether oxygens (including phenoxy) is 1. The highest BCUT2D eigenvalue weighted by Gasteiger charge is 2.39. The average Bonchev–Trinajstić information content (AvgIpc) is 2.73. The van der Waals surface area contributed by atoms with Crippen molar-refractivity contribution in [2.45, 2.75) is 30.8 Å². The second-order valence-electron chi connectivity index (χ2n) is 7.46. The van der Waals surface area contributed by atoms with Crippen LogP contribution in [0.15, 0.2) is 59.5 Å². The number of para-hydroxylation sites is 2. The SMILES string of the molecule is C[C@H]1CCCN(C(=O)[C@@H]2CN(S(=O)(=O)c3ccccc3)c3ccccc3O2)C1. The van der Waals surface area contributed by atoms with E-state index in [4.69, 9.17) is 4.74 Å². The van der Waals surface area contributed by atoms with Crippen LogP contribution in [0.25, 0.3) is 0 Å². The molecule has 2 aromatic rings. The summed E-state index contributed by atoms with van der Waals surface area (Å²) < 4.78 is 33.8. The molecule has 148 valence electrons. The molecule has 2 aliphatic rings. The lowest BCUT2D eigenvalue weighted by Gasteiger charge is -2.38. The summed E-state index contributed by atoms with van der Waals surface area (Å²) in [5, 5.41) is 0. The Balaban J connectivity index is 1.68. The molecule has 7 heteroatoms. The number of fused-ring (bicyclic) bond motifs is 1. The van der Waals surface area contributed by atoms with E-state index in [9.17, 15) is 13.2 Å². The molecule has 4 rings (SSSR count). The van der Waals surface area contributed by atoms with Gasteiger partial charge in [-0.25, -0.2) is 8.42 Å². The fourth-order valence-corrected chi connectivity index (χ4v) is 5.37. The van der Waals surface area contributed by atoms with Crippen LogP contribution in [0.5, 0.6) is 5.75 Å².